The molecule has 5 heteroatoms. The summed E-state index contributed by atoms with van der Waals surface area (Å²) < 4.78 is 26.6. The summed E-state index contributed by atoms with van der Waals surface area (Å²) in [5, 5.41) is 9.79. The smallest absolute Gasteiger partial charge is 0.150 e. The molecule has 3 aromatic carbocycles. The maximum atomic E-state index is 15.2. The zero-order chi connectivity index (χ0) is 22.4. The van der Waals surface area contributed by atoms with Crippen LogP contribution in [0.1, 0.15) is 41.8 Å². The second kappa shape index (κ2) is 9.75. The molecule has 4 nitrogen and oxygen atoms in total. The van der Waals surface area contributed by atoms with Crippen LogP contribution in [0.2, 0.25) is 0 Å². The highest BCUT2D eigenvalue weighted by Crippen LogP contribution is 2.31. The lowest BCUT2D eigenvalue weighted by atomic mass is 9.98. The van der Waals surface area contributed by atoms with Gasteiger partial charge in [0, 0.05) is 23.1 Å². The first-order valence-electron chi connectivity index (χ1n) is 10.2. The Hall–Kier alpha value is -3.18. The van der Waals surface area contributed by atoms with Crippen LogP contribution in [-0.4, -0.2) is 23.6 Å². The van der Waals surface area contributed by atoms with Gasteiger partial charge in [-0.1, -0.05) is 24.3 Å². The van der Waals surface area contributed by atoms with Crippen molar-refractivity contribution in [3.63, 3.8) is 0 Å². The molecule has 3 aromatic rings. The molecule has 0 aliphatic rings. The van der Waals surface area contributed by atoms with Gasteiger partial charge < -0.3 is 14.6 Å². The molecular weight excluding hydrogens is 395 g/mol. The van der Waals surface area contributed by atoms with E-state index in [1.807, 2.05) is 25.1 Å². The van der Waals surface area contributed by atoms with Crippen LogP contribution in [-0.2, 0) is 6.61 Å². The van der Waals surface area contributed by atoms with Gasteiger partial charge in [-0.15, -0.1) is 0 Å². The van der Waals surface area contributed by atoms with Crippen molar-refractivity contribution in [3.8, 4) is 22.6 Å². The average molecular weight is 422 g/mol. The van der Waals surface area contributed by atoms with Crippen LogP contribution in [0.15, 0.2) is 60.7 Å². The zero-order valence-electron chi connectivity index (χ0n) is 18.0. The summed E-state index contributed by atoms with van der Waals surface area (Å²) in [7, 11) is 0. The van der Waals surface area contributed by atoms with E-state index in [9.17, 15) is 9.90 Å². The number of aryl methyl sites for hydroxylation is 1. The van der Waals surface area contributed by atoms with E-state index >= 15 is 4.39 Å². The number of benzene rings is 3. The van der Waals surface area contributed by atoms with Gasteiger partial charge in [0.15, 0.2) is 0 Å². The number of ether oxygens (including phenoxy) is 2. The Morgan fingerprint density at radius 2 is 1.68 bits per heavy atom. The molecule has 1 N–H and O–H groups in total. The minimum atomic E-state index is -0.781. The molecule has 0 bridgehead atoms. The second-order valence-electron chi connectivity index (χ2n) is 8.14. The van der Waals surface area contributed by atoms with Gasteiger partial charge in [0.25, 0.3) is 0 Å². The Morgan fingerprint density at radius 1 is 0.968 bits per heavy atom. The molecule has 0 atom stereocenters. The van der Waals surface area contributed by atoms with Crippen molar-refractivity contribution in [2.75, 3.05) is 6.61 Å². The van der Waals surface area contributed by atoms with E-state index in [0.29, 0.717) is 41.2 Å². The monoisotopic (exact) mass is 422 g/mol. The van der Waals surface area contributed by atoms with Crippen molar-refractivity contribution in [1.82, 2.24) is 0 Å². The van der Waals surface area contributed by atoms with E-state index in [2.05, 4.69) is 0 Å². The molecule has 0 aliphatic carbocycles. The SMILES string of the molecule is Cc1cc(OCCC(C)(C)O)ccc1-c1cccc(COc2ccc(C=O)cc2)c1F. The molecule has 0 spiro atoms. The van der Waals surface area contributed by atoms with Gasteiger partial charge in [0.1, 0.15) is 30.2 Å². The third-order valence-electron chi connectivity index (χ3n) is 4.96. The van der Waals surface area contributed by atoms with Crippen molar-refractivity contribution in [2.45, 2.75) is 39.4 Å². The van der Waals surface area contributed by atoms with E-state index in [1.54, 1.807) is 56.3 Å². The van der Waals surface area contributed by atoms with Gasteiger partial charge in [-0.2, -0.15) is 0 Å². The van der Waals surface area contributed by atoms with Crippen LogP contribution >= 0.6 is 0 Å². The van der Waals surface area contributed by atoms with Crippen LogP contribution in [0.3, 0.4) is 0 Å². The van der Waals surface area contributed by atoms with Crippen LogP contribution in [0.4, 0.5) is 4.39 Å². The third-order valence-corrected chi connectivity index (χ3v) is 4.96. The summed E-state index contributed by atoms with van der Waals surface area (Å²) in [6.07, 6.45) is 1.28. The number of aldehydes is 1. The third kappa shape index (κ3) is 6.15. The maximum Gasteiger partial charge on any atom is 0.150 e. The predicted octanol–water partition coefficient (Wildman–Crippen LogP) is 5.73. The average Bonchev–Trinajstić information content (AvgIpc) is 2.73. The normalized spacial score (nSPS) is 11.3. The van der Waals surface area contributed by atoms with Gasteiger partial charge in [-0.3, -0.25) is 4.79 Å². The predicted molar refractivity (Wildman–Crippen MR) is 119 cm³/mol. The van der Waals surface area contributed by atoms with E-state index < -0.39 is 5.60 Å². The van der Waals surface area contributed by atoms with Crippen molar-refractivity contribution >= 4 is 6.29 Å². The van der Waals surface area contributed by atoms with E-state index in [1.165, 1.54) is 0 Å². The Labute approximate surface area is 182 Å². The molecule has 162 valence electrons. The molecule has 0 saturated carbocycles. The first-order chi connectivity index (χ1) is 14.8. The zero-order valence-corrected chi connectivity index (χ0v) is 18.0. The fraction of sp³-hybridized carbons (Fsp3) is 0.269. The number of hydrogen-bond donors (Lipinski definition) is 1. The van der Waals surface area contributed by atoms with Crippen molar-refractivity contribution in [1.29, 1.82) is 0 Å². The largest absolute Gasteiger partial charge is 0.493 e. The standard InChI is InChI=1S/C26H27FO4/c1-18-15-22(30-14-13-26(2,3)29)11-12-23(18)24-6-4-5-20(25(24)27)17-31-21-9-7-19(16-28)8-10-21/h4-12,15-16,29H,13-14,17H2,1-3H3. The van der Waals surface area contributed by atoms with Gasteiger partial charge >= 0.3 is 0 Å². The molecule has 3 rings (SSSR count). The van der Waals surface area contributed by atoms with E-state index in [4.69, 9.17) is 9.47 Å². The molecule has 0 aliphatic heterocycles. The van der Waals surface area contributed by atoms with Gasteiger partial charge in [-0.05, 0) is 68.3 Å². The quantitative estimate of drug-likeness (QED) is 0.447. The number of halogens is 1. The molecule has 0 radical (unpaired) electrons. The first-order valence-corrected chi connectivity index (χ1v) is 10.2. The minimum Gasteiger partial charge on any atom is -0.493 e. The topological polar surface area (TPSA) is 55.8 Å². The van der Waals surface area contributed by atoms with Gasteiger partial charge in [0.2, 0.25) is 0 Å². The molecule has 0 unspecified atom stereocenters. The highest BCUT2D eigenvalue weighted by atomic mass is 19.1. The van der Waals surface area contributed by atoms with E-state index in [0.717, 1.165) is 17.4 Å². The summed E-state index contributed by atoms with van der Waals surface area (Å²) in [5.74, 6) is 0.925. The molecule has 0 heterocycles. The summed E-state index contributed by atoms with van der Waals surface area (Å²) in [6, 6.07) is 17.5. The van der Waals surface area contributed by atoms with Gasteiger partial charge in [-0.25, -0.2) is 4.39 Å². The lowest BCUT2D eigenvalue weighted by Gasteiger charge is -2.17. The summed E-state index contributed by atoms with van der Waals surface area (Å²) in [4.78, 5) is 10.7. The van der Waals surface area contributed by atoms with Crippen LogP contribution in [0.25, 0.3) is 11.1 Å². The summed E-state index contributed by atoms with van der Waals surface area (Å²) in [6.45, 7) is 5.87. The Morgan fingerprint density at radius 3 is 2.32 bits per heavy atom. The van der Waals surface area contributed by atoms with Crippen molar-refractivity contribution in [3.05, 3.63) is 83.2 Å². The van der Waals surface area contributed by atoms with Crippen LogP contribution < -0.4 is 9.47 Å². The number of carbonyl (C=O) groups is 1. The number of rotatable bonds is 9. The summed E-state index contributed by atoms with van der Waals surface area (Å²) in [5.41, 5.74) is 2.40. The Kier molecular flexibility index (Phi) is 7.08. The lowest BCUT2D eigenvalue weighted by Crippen LogP contribution is -2.21. The molecule has 0 amide bonds. The number of hydrogen-bond acceptors (Lipinski definition) is 4. The summed E-state index contributed by atoms with van der Waals surface area (Å²) >= 11 is 0. The van der Waals surface area contributed by atoms with Crippen LogP contribution in [0.5, 0.6) is 11.5 Å². The number of carbonyl (C=O) groups excluding carboxylic acids is 1. The molecule has 31 heavy (non-hydrogen) atoms. The fourth-order valence-electron chi connectivity index (χ4n) is 3.15. The van der Waals surface area contributed by atoms with Gasteiger partial charge in [0.05, 0.1) is 12.2 Å². The Bertz CT molecular complexity index is 1040. The molecule has 0 aromatic heterocycles. The van der Waals surface area contributed by atoms with E-state index in [-0.39, 0.29) is 12.4 Å². The molecule has 0 fully saturated rings. The Balaban J connectivity index is 1.73. The highest BCUT2D eigenvalue weighted by Gasteiger charge is 2.14. The first kappa shape index (κ1) is 22.5. The minimum absolute atomic E-state index is 0.0807. The van der Waals surface area contributed by atoms with Crippen molar-refractivity contribution < 1.29 is 23.8 Å². The van der Waals surface area contributed by atoms with Crippen molar-refractivity contribution in [2.24, 2.45) is 0 Å². The molecular formula is C26H27FO4. The number of aliphatic hydroxyl groups is 1. The fourth-order valence-corrected chi connectivity index (χ4v) is 3.15. The highest BCUT2D eigenvalue weighted by molar-refractivity contribution is 5.74. The van der Waals surface area contributed by atoms with Crippen LogP contribution in [0, 0.1) is 12.7 Å². The second-order valence-corrected chi connectivity index (χ2v) is 8.14. The molecule has 0 saturated heterocycles. The lowest BCUT2D eigenvalue weighted by molar-refractivity contribution is 0.0553. The maximum absolute atomic E-state index is 15.2.